The molecule has 3 heteroatoms. The van der Waals surface area contributed by atoms with Gasteiger partial charge in [0.05, 0.1) is 6.20 Å². The van der Waals surface area contributed by atoms with Gasteiger partial charge in [-0.2, -0.15) is 5.10 Å². The Bertz CT molecular complexity index is 306. The van der Waals surface area contributed by atoms with Crippen LogP contribution in [-0.2, 0) is 6.54 Å². The van der Waals surface area contributed by atoms with Crippen LogP contribution in [0, 0.1) is 0 Å². The highest BCUT2D eigenvalue weighted by molar-refractivity contribution is 5.09. The minimum absolute atomic E-state index is 0.168. The Hall–Kier alpha value is -0.830. The molecule has 1 aromatic rings. The third-order valence-corrected chi connectivity index (χ3v) is 3.40. The maximum absolute atomic E-state index is 6.19. The Kier molecular flexibility index (Phi) is 7.74. The smallest absolute Gasteiger partial charge is 0.0537 e. The number of hydrogen-bond donors (Lipinski definition) is 1. The first-order valence-electron chi connectivity index (χ1n) is 7.55. The van der Waals surface area contributed by atoms with Gasteiger partial charge >= 0.3 is 0 Å². The quantitative estimate of drug-likeness (QED) is 0.638. The van der Waals surface area contributed by atoms with Gasteiger partial charge in [-0.3, -0.25) is 4.68 Å². The number of aryl methyl sites for hydroxylation is 1. The van der Waals surface area contributed by atoms with Crippen LogP contribution in [0.15, 0.2) is 12.4 Å². The first-order valence-corrected chi connectivity index (χ1v) is 7.55. The first-order chi connectivity index (χ1) is 8.77. The van der Waals surface area contributed by atoms with Gasteiger partial charge in [-0.15, -0.1) is 0 Å². The average molecular weight is 251 g/mol. The number of hydrogen-bond acceptors (Lipinski definition) is 2. The van der Waals surface area contributed by atoms with Crippen LogP contribution in [0.5, 0.6) is 0 Å². The molecule has 3 nitrogen and oxygen atoms in total. The lowest BCUT2D eigenvalue weighted by Gasteiger charge is -2.08. The zero-order chi connectivity index (χ0) is 13.2. The molecule has 1 rings (SSSR count). The van der Waals surface area contributed by atoms with Gasteiger partial charge in [-0.25, -0.2) is 0 Å². The molecule has 2 N–H and O–H groups in total. The highest BCUT2D eigenvalue weighted by atomic mass is 15.3. The fourth-order valence-electron chi connectivity index (χ4n) is 2.23. The molecule has 1 atom stereocenters. The van der Waals surface area contributed by atoms with Gasteiger partial charge in [0, 0.05) is 24.3 Å². The van der Waals surface area contributed by atoms with Crippen molar-refractivity contribution in [2.45, 2.75) is 77.8 Å². The van der Waals surface area contributed by atoms with Gasteiger partial charge in [-0.1, -0.05) is 52.4 Å². The molecule has 0 saturated carbocycles. The second-order valence-electron chi connectivity index (χ2n) is 5.20. The Labute approximate surface area is 112 Å². The van der Waals surface area contributed by atoms with E-state index >= 15 is 0 Å². The Balaban J connectivity index is 2.17. The summed E-state index contributed by atoms with van der Waals surface area (Å²) in [6.07, 6.45) is 14.2. The zero-order valence-electron chi connectivity index (χ0n) is 12.1. The Morgan fingerprint density at radius 2 is 1.83 bits per heavy atom. The van der Waals surface area contributed by atoms with Crippen LogP contribution in [0.2, 0.25) is 0 Å². The van der Waals surface area contributed by atoms with E-state index in [1.54, 1.807) is 0 Å². The molecule has 104 valence electrons. The van der Waals surface area contributed by atoms with Gasteiger partial charge in [0.2, 0.25) is 0 Å². The summed E-state index contributed by atoms with van der Waals surface area (Å²) in [7, 11) is 0. The summed E-state index contributed by atoms with van der Waals surface area (Å²) >= 11 is 0. The second-order valence-corrected chi connectivity index (χ2v) is 5.20. The molecule has 0 saturated heterocycles. The third-order valence-electron chi connectivity index (χ3n) is 3.40. The molecular formula is C15H29N3. The second kappa shape index (κ2) is 9.15. The summed E-state index contributed by atoms with van der Waals surface area (Å²) in [5.41, 5.74) is 7.38. The van der Waals surface area contributed by atoms with Crippen molar-refractivity contribution in [1.82, 2.24) is 9.78 Å². The summed E-state index contributed by atoms with van der Waals surface area (Å²) in [5, 5.41) is 4.33. The molecular weight excluding hydrogens is 222 g/mol. The van der Waals surface area contributed by atoms with Crippen LogP contribution < -0.4 is 5.73 Å². The third kappa shape index (κ3) is 5.67. The molecule has 0 aliphatic rings. The number of aromatic nitrogens is 2. The molecule has 1 heterocycles. The summed E-state index contributed by atoms with van der Waals surface area (Å²) in [6.45, 7) is 5.41. The van der Waals surface area contributed by atoms with Crippen LogP contribution >= 0.6 is 0 Å². The minimum atomic E-state index is 0.168. The van der Waals surface area contributed by atoms with Crippen molar-refractivity contribution in [3.63, 3.8) is 0 Å². The van der Waals surface area contributed by atoms with Crippen LogP contribution in [0.4, 0.5) is 0 Å². The van der Waals surface area contributed by atoms with Crippen LogP contribution in [-0.4, -0.2) is 9.78 Å². The predicted octanol–water partition coefficient (Wildman–Crippen LogP) is 4.04. The lowest BCUT2D eigenvalue weighted by molar-refractivity contribution is 0.546. The van der Waals surface area contributed by atoms with Gasteiger partial charge in [0.25, 0.3) is 0 Å². The van der Waals surface area contributed by atoms with E-state index in [9.17, 15) is 0 Å². The minimum Gasteiger partial charge on any atom is -0.324 e. The lowest BCUT2D eigenvalue weighted by Crippen LogP contribution is -2.09. The topological polar surface area (TPSA) is 43.8 Å². The fraction of sp³-hybridized carbons (Fsp3) is 0.800. The van der Waals surface area contributed by atoms with Gasteiger partial charge in [0.15, 0.2) is 0 Å². The highest BCUT2D eigenvalue weighted by Crippen LogP contribution is 2.17. The molecule has 0 bridgehead atoms. The van der Waals surface area contributed by atoms with Crippen molar-refractivity contribution in [1.29, 1.82) is 0 Å². The summed E-state index contributed by atoms with van der Waals surface area (Å²) in [5.74, 6) is 0. The van der Waals surface area contributed by atoms with Gasteiger partial charge in [-0.05, 0) is 12.8 Å². The molecule has 0 fully saturated rings. The molecule has 18 heavy (non-hydrogen) atoms. The number of nitrogens with zero attached hydrogens (tertiary/aromatic N) is 2. The number of unbranched alkanes of at least 4 members (excludes halogenated alkanes) is 5. The molecule has 0 aliphatic carbocycles. The molecule has 0 radical (unpaired) electrons. The SMILES string of the molecule is CCCCCCCCC(N)c1cnn(CCC)c1. The first kappa shape index (κ1) is 15.2. The Morgan fingerprint density at radius 3 is 2.56 bits per heavy atom. The molecule has 0 amide bonds. The van der Waals surface area contributed by atoms with E-state index in [0.29, 0.717) is 0 Å². The van der Waals surface area contributed by atoms with Crippen LogP contribution in [0.25, 0.3) is 0 Å². The van der Waals surface area contributed by atoms with E-state index in [1.165, 1.54) is 44.1 Å². The maximum Gasteiger partial charge on any atom is 0.0537 e. The lowest BCUT2D eigenvalue weighted by atomic mass is 10.0. The van der Waals surface area contributed by atoms with E-state index in [-0.39, 0.29) is 6.04 Å². The Morgan fingerprint density at radius 1 is 1.11 bits per heavy atom. The van der Waals surface area contributed by atoms with Crippen molar-refractivity contribution in [2.24, 2.45) is 5.73 Å². The molecule has 0 aliphatic heterocycles. The normalized spacial score (nSPS) is 12.8. The van der Waals surface area contributed by atoms with Gasteiger partial charge in [0.1, 0.15) is 0 Å². The summed E-state index contributed by atoms with van der Waals surface area (Å²) in [6, 6.07) is 0.168. The van der Waals surface area contributed by atoms with Crippen LogP contribution in [0.3, 0.4) is 0 Å². The molecule has 1 unspecified atom stereocenters. The molecule has 0 aromatic carbocycles. The predicted molar refractivity (Wildman–Crippen MR) is 77.4 cm³/mol. The zero-order valence-corrected chi connectivity index (χ0v) is 12.1. The van der Waals surface area contributed by atoms with Crippen molar-refractivity contribution in [3.8, 4) is 0 Å². The van der Waals surface area contributed by atoms with E-state index in [1.807, 2.05) is 10.9 Å². The van der Waals surface area contributed by atoms with Crippen molar-refractivity contribution >= 4 is 0 Å². The molecule has 0 spiro atoms. The summed E-state index contributed by atoms with van der Waals surface area (Å²) < 4.78 is 2.00. The van der Waals surface area contributed by atoms with E-state index in [0.717, 1.165) is 19.4 Å². The number of rotatable bonds is 10. The van der Waals surface area contributed by atoms with Crippen molar-refractivity contribution < 1.29 is 0 Å². The largest absolute Gasteiger partial charge is 0.324 e. The van der Waals surface area contributed by atoms with E-state index < -0.39 is 0 Å². The van der Waals surface area contributed by atoms with Crippen molar-refractivity contribution in [3.05, 3.63) is 18.0 Å². The molecule has 1 aromatic heterocycles. The van der Waals surface area contributed by atoms with Crippen LogP contribution in [0.1, 0.15) is 76.8 Å². The van der Waals surface area contributed by atoms with E-state index in [2.05, 4.69) is 25.1 Å². The maximum atomic E-state index is 6.19. The monoisotopic (exact) mass is 251 g/mol. The highest BCUT2D eigenvalue weighted by Gasteiger charge is 2.08. The average Bonchev–Trinajstić information content (AvgIpc) is 2.82. The fourth-order valence-corrected chi connectivity index (χ4v) is 2.23. The summed E-state index contributed by atoms with van der Waals surface area (Å²) in [4.78, 5) is 0. The van der Waals surface area contributed by atoms with Gasteiger partial charge < -0.3 is 5.73 Å². The number of nitrogens with two attached hydrogens (primary N) is 1. The standard InChI is InChI=1S/C15H29N3/c1-3-5-6-7-8-9-10-15(16)14-12-17-18(13-14)11-4-2/h12-13,15H,3-11,16H2,1-2H3. The van der Waals surface area contributed by atoms with E-state index in [4.69, 9.17) is 5.73 Å². The van der Waals surface area contributed by atoms with Crippen molar-refractivity contribution in [2.75, 3.05) is 0 Å².